The van der Waals surface area contributed by atoms with Crippen LogP contribution in [0.1, 0.15) is 5.56 Å². The standard InChI is InChI=1S/C14H16ClN3O2/c1-10-2-3-11-12(8-10)18(14(15)16-11)9-13(19)17-4-6-20-7-5-17/h2-3,8H,4-7,9H2,1H3. The Morgan fingerprint density at radius 1 is 1.40 bits per heavy atom. The molecule has 106 valence electrons. The second kappa shape index (κ2) is 5.42. The highest BCUT2D eigenvalue weighted by Crippen LogP contribution is 2.21. The maximum absolute atomic E-state index is 12.3. The van der Waals surface area contributed by atoms with Crippen molar-refractivity contribution < 1.29 is 9.53 Å². The van der Waals surface area contributed by atoms with Crippen LogP contribution in [0.2, 0.25) is 5.28 Å². The van der Waals surface area contributed by atoms with Crippen LogP contribution in [-0.2, 0) is 16.1 Å². The van der Waals surface area contributed by atoms with Crippen molar-refractivity contribution in [1.82, 2.24) is 14.5 Å². The van der Waals surface area contributed by atoms with E-state index in [4.69, 9.17) is 16.3 Å². The molecular weight excluding hydrogens is 278 g/mol. The van der Waals surface area contributed by atoms with Crippen LogP contribution in [0.25, 0.3) is 11.0 Å². The first-order chi connectivity index (χ1) is 9.65. The van der Waals surface area contributed by atoms with Crippen LogP contribution in [0.5, 0.6) is 0 Å². The fraction of sp³-hybridized carbons (Fsp3) is 0.429. The molecule has 20 heavy (non-hydrogen) atoms. The minimum Gasteiger partial charge on any atom is -0.378 e. The molecule has 0 unspecified atom stereocenters. The Hall–Kier alpha value is -1.59. The van der Waals surface area contributed by atoms with Gasteiger partial charge in [0.15, 0.2) is 0 Å². The van der Waals surface area contributed by atoms with E-state index >= 15 is 0 Å². The van der Waals surface area contributed by atoms with E-state index in [1.807, 2.05) is 30.0 Å². The fourth-order valence-electron chi connectivity index (χ4n) is 2.40. The van der Waals surface area contributed by atoms with Crippen molar-refractivity contribution in [2.75, 3.05) is 26.3 Å². The number of carbonyl (C=O) groups excluding carboxylic acids is 1. The number of fused-ring (bicyclic) bond motifs is 1. The van der Waals surface area contributed by atoms with Crippen molar-refractivity contribution in [3.05, 3.63) is 29.0 Å². The van der Waals surface area contributed by atoms with Gasteiger partial charge >= 0.3 is 0 Å². The van der Waals surface area contributed by atoms with E-state index in [0.717, 1.165) is 16.6 Å². The van der Waals surface area contributed by atoms with Gasteiger partial charge in [-0.1, -0.05) is 6.07 Å². The molecule has 1 aliphatic rings. The first kappa shape index (κ1) is 13.4. The molecular formula is C14H16ClN3O2. The van der Waals surface area contributed by atoms with E-state index in [2.05, 4.69) is 4.98 Å². The molecule has 0 radical (unpaired) electrons. The zero-order valence-electron chi connectivity index (χ0n) is 11.3. The number of nitrogens with zero attached hydrogens (tertiary/aromatic N) is 3. The molecule has 0 aliphatic carbocycles. The normalized spacial score (nSPS) is 15.8. The third kappa shape index (κ3) is 2.51. The molecule has 6 heteroatoms. The van der Waals surface area contributed by atoms with Gasteiger partial charge in [0.05, 0.1) is 24.2 Å². The number of hydrogen-bond donors (Lipinski definition) is 0. The summed E-state index contributed by atoms with van der Waals surface area (Å²) in [5.41, 5.74) is 2.83. The summed E-state index contributed by atoms with van der Waals surface area (Å²) in [6, 6.07) is 5.91. The first-order valence-corrected chi connectivity index (χ1v) is 7.01. The average Bonchev–Trinajstić information content (AvgIpc) is 2.76. The van der Waals surface area contributed by atoms with Gasteiger partial charge in [0.1, 0.15) is 6.54 Å². The fourth-order valence-corrected chi connectivity index (χ4v) is 2.64. The Morgan fingerprint density at radius 3 is 2.90 bits per heavy atom. The molecule has 2 heterocycles. The zero-order chi connectivity index (χ0) is 14.1. The number of ether oxygens (including phenoxy) is 1. The van der Waals surface area contributed by atoms with E-state index in [-0.39, 0.29) is 12.5 Å². The van der Waals surface area contributed by atoms with Gasteiger partial charge in [-0.3, -0.25) is 4.79 Å². The monoisotopic (exact) mass is 293 g/mol. The summed E-state index contributed by atoms with van der Waals surface area (Å²) in [7, 11) is 0. The summed E-state index contributed by atoms with van der Waals surface area (Å²) in [4.78, 5) is 18.4. The van der Waals surface area contributed by atoms with Crippen molar-refractivity contribution in [1.29, 1.82) is 0 Å². The number of aryl methyl sites for hydroxylation is 1. The molecule has 1 fully saturated rings. The molecule has 0 N–H and O–H groups in total. The zero-order valence-corrected chi connectivity index (χ0v) is 12.1. The molecule has 0 spiro atoms. The first-order valence-electron chi connectivity index (χ1n) is 6.63. The molecule has 0 atom stereocenters. The van der Waals surface area contributed by atoms with Crippen molar-refractivity contribution in [2.24, 2.45) is 0 Å². The van der Waals surface area contributed by atoms with Crippen molar-refractivity contribution in [3.63, 3.8) is 0 Å². The Balaban J connectivity index is 1.88. The number of imidazole rings is 1. The van der Waals surface area contributed by atoms with Crippen LogP contribution >= 0.6 is 11.6 Å². The van der Waals surface area contributed by atoms with Crippen molar-refractivity contribution in [3.8, 4) is 0 Å². The maximum Gasteiger partial charge on any atom is 0.242 e. The Kier molecular flexibility index (Phi) is 3.63. The Bertz CT molecular complexity index is 647. The van der Waals surface area contributed by atoms with Gasteiger partial charge in [-0.25, -0.2) is 4.98 Å². The summed E-state index contributed by atoms with van der Waals surface area (Å²) >= 11 is 6.16. The third-order valence-electron chi connectivity index (χ3n) is 3.51. The number of morpholine rings is 1. The van der Waals surface area contributed by atoms with Gasteiger partial charge in [-0.05, 0) is 36.2 Å². The molecule has 1 aromatic heterocycles. The lowest BCUT2D eigenvalue weighted by molar-refractivity contribution is -0.135. The highest BCUT2D eigenvalue weighted by atomic mass is 35.5. The summed E-state index contributed by atoms with van der Waals surface area (Å²) < 4.78 is 7.02. The van der Waals surface area contributed by atoms with E-state index < -0.39 is 0 Å². The molecule has 1 amide bonds. The number of benzene rings is 1. The quantitative estimate of drug-likeness (QED) is 0.849. The largest absolute Gasteiger partial charge is 0.378 e. The van der Waals surface area contributed by atoms with Crippen molar-refractivity contribution >= 4 is 28.5 Å². The van der Waals surface area contributed by atoms with Crippen LogP contribution in [0, 0.1) is 6.92 Å². The van der Waals surface area contributed by atoms with Crippen LogP contribution in [0.4, 0.5) is 0 Å². The van der Waals surface area contributed by atoms with E-state index in [0.29, 0.717) is 31.6 Å². The van der Waals surface area contributed by atoms with E-state index in [1.54, 1.807) is 4.57 Å². The maximum atomic E-state index is 12.3. The molecule has 1 aliphatic heterocycles. The van der Waals surface area contributed by atoms with Crippen LogP contribution in [-0.4, -0.2) is 46.7 Å². The topological polar surface area (TPSA) is 47.4 Å². The molecule has 0 bridgehead atoms. The SMILES string of the molecule is Cc1ccc2nc(Cl)n(CC(=O)N3CCOCC3)c2c1. The van der Waals surface area contributed by atoms with Crippen LogP contribution in [0.15, 0.2) is 18.2 Å². The Morgan fingerprint density at radius 2 is 2.15 bits per heavy atom. The van der Waals surface area contributed by atoms with E-state index in [9.17, 15) is 4.79 Å². The lowest BCUT2D eigenvalue weighted by Gasteiger charge is -2.27. The van der Waals surface area contributed by atoms with Gasteiger partial charge in [0.2, 0.25) is 11.2 Å². The molecule has 0 saturated carbocycles. The predicted octanol–water partition coefficient (Wildman–Crippen LogP) is 1.86. The average molecular weight is 294 g/mol. The van der Waals surface area contributed by atoms with Gasteiger partial charge in [0.25, 0.3) is 0 Å². The number of aromatic nitrogens is 2. The lowest BCUT2D eigenvalue weighted by Crippen LogP contribution is -2.42. The second-order valence-electron chi connectivity index (χ2n) is 4.95. The minimum absolute atomic E-state index is 0.0519. The predicted molar refractivity (Wildman–Crippen MR) is 76.9 cm³/mol. The Labute approximate surface area is 122 Å². The van der Waals surface area contributed by atoms with Crippen molar-refractivity contribution in [2.45, 2.75) is 13.5 Å². The molecule has 2 aromatic rings. The van der Waals surface area contributed by atoms with Gasteiger partial charge in [-0.2, -0.15) is 0 Å². The number of rotatable bonds is 2. The minimum atomic E-state index is 0.0519. The van der Waals surface area contributed by atoms with Gasteiger partial charge < -0.3 is 14.2 Å². The highest BCUT2D eigenvalue weighted by Gasteiger charge is 2.19. The number of carbonyl (C=O) groups is 1. The summed E-state index contributed by atoms with van der Waals surface area (Å²) in [5, 5.41) is 0.354. The number of halogens is 1. The van der Waals surface area contributed by atoms with Crippen LogP contribution < -0.4 is 0 Å². The number of amides is 1. The molecule has 5 nitrogen and oxygen atoms in total. The highest BCUT2D eigenvalue weighted by molar-refractivity contribution is 6.29. The summed E-state index contributed by atoms with van der Waals surface area (Å²) in [6.07, 6.45) is 0. The van der Waals surface area contributed by atoms with Crippen LogP contribution in [0.3, 0.4) is 0 Å². The lowest BCUT2D eigenvalue weighted by atomic mass is 10.2. The van der Waals surface area contributed by atoms with E-state index in [1.165, 1.54) is 0 Å². The molecule has 1 saturated heterocycles. The number of hydrogen-bond acceptors (Lipinski definition) is 3. The van der Waals surface area contributed by atoms with Gasteiger partial charge in [-0.15, -0.1) is 0 Å². The smallest absolute Gasteiger partial charge is 0.242 e. The third-order valence-corrected chi connectivity index (χ3v) is 3.80. The molecule has 3 rings (SSSR count). The summed E-state index contributed by atoms with van der Waals surface area (Å²) in [6.45, 7) is 4.71. The second-order valence-corrected chi connectivity index (χ2v) is 5.29. The summed E-state index contributed by atoms with van der Waals surface area (Å²) in [5.74, 6) is 0.0519. The molecule has 1 aromatic carbocycles. The van der Waals surface area contributed by atoms with Gasteiger partial charge in [0, 0.05) is 13.1 Å².